The Hall–Kier alpha value is -3.07. The number of methoxy groups -OCH3 is 1. The highest BCUT2D eigenvalue weighted by molar-refractivity contribution is 6.11. The second kappa shape index (κ2) is 7.67. The van der Waals surface area contributed by atoms with Gasteiger partial charge in [0.25, 0.3) is 5.56 Å². The Labute approximate surface area is 157 Å². The Balaban J connectivity index is 2.21. The summed E-state index contributed by atoms with van der Waals surface area (Å²) < 4.78 is 6.41. The molecule has 3 rings (SSSR count). The van der Waals surface area contributed by atoms with E-state index in [4.69, 9.17) is 4.74 Å². The molecule has 1 fully saturated rings. The van der Waals surface area contributed by atoms with Crippen molar-refractivity contribution < 1.29 is 14.6 Å². The summed E-state index contributed by atoms with van der Waals surface area (Å²) in [6.07, 6.45) is 4.47. The molecule has 1 aliphatic rings. The maximum Gasteiger partial charge on any atom is 0.271 e. The molecular formula is C21H22N2O4. The van der Waals surface area contributed by atoms with Gasteiger partial charge < -0.3 is 9.84 Å². The first kappa shape index (κ1) is 18.7. The summed E-state index contributed by atoms with van der Waals surface area (Å²) in [5.41, 5.74) is -0.0819. The highest BCUT2D eigenvalue weighted by Gasteiger charge is 2.28. The fraction of sp³-hybridized carbons (Fsp3) is 0.381. The molecule has 140 valence electrons. The lowest BCUT2D eigenvalue weighted by Gasteiger charge is -2.26. The lowest BCUT2D eigenvalue weighted by Crippen LogP contribution is -2.31. The van der Waals surface area contributed by atoms with Gasteiger partial charge in [-0.05, 0) is 37.5 Å². The number of pyridine rings is 1. The molecule has 0 amide bonds. The topological polar surface area (TPSA) is 92.3 Å². The number of hydrogen-bond acceptors (Lipinski definition) is 5. The molecule has 1 saturated carbocycles. The molecule has 1 aliphatic carbocycles. The number of rotatable bonds is 4. The van der Waals surface area contributed by atoms with Crippen molar-refractivity contribution in [2.75, 3.05) is 7.11 Å². The molecular weight excluding hydrogens is 344 g/mol. The molecule has 0 radical (unpaired) electrons. The van der Waals surface area contributed by atoms with E-state index in [9.17, 15) is 20.0 Å². The van der Waals surface area contributed by atoms with Gasteiger partial charge in [0.1, 0.15) is 17.4 Å². The molecule has 0 bridgehead atoms. The van der Waals surface area contributed by atoms with Gasteiger partial charge in [0.2, 0.25) is 5.88 Å². The number of benzene rings is 1. The van der Waals surface area contributed by atoms with Crippen molar-refractivity contribution in [3.63, 3.8) is 0 Å². The van der Waals surface area contributed by atoms with Gasteiger partial charge in [0.15, 0.2) is 5.78 Å². The van der Waals surface area contributed by atoms with Gasteiger partial charge >= 0.3 is 0 Å². The summed E-state index contributed by atoms with van der Waals surface area (Å²) in [7, 11) is 1.50. The van der Waals surface area contributed by atoms with E-state index in [-0.39, 0.29) is 28.6 Å². The molecule has 1 heterocycles. The lowest BCUT2D eigenvalue weighted by atomic mass is 9.93. The Kier molecular flexibility index (Phi) is 5.31. The minimum Gasteiger partial charge on any atom is -0.497 e. The van der Waals surface area contributed by atoms with Crippen LogP contribution in [0.5, 0.6) is 11.6 Å². The molecule has 0 spiro atoms. The van der Waals surface area contributed by atoms with E-state index in [1.54, 1.807) is 24.3 Å². The zero-order chi connectivity index (χ0) is 19.6. The van der Waals surface area contributed by atoms with Gasteiger partial charge in [-0.25, -0.2) is 0 Å². The molecule has 27 heavy (non-hydrogen) atoms. The number of nitrogens with zero attached hydrogens (tertiary/aromatic N) is 2. The first-order chi connectivity index (χ1) is 13.0. The average molecular weight is 366 g/mol. The third-order valence-corrected chi connectivity index (χ3v) is 5.25. The summed E-state index contributed by atoms with van der Waals surface area (Å²) in [5, 5.41) is 20.4. The van der Waals surface area contributed by atoms with E-state index in [2.05, 4.69) is 0 Å². The second-order valence-electron chi connectivity index (χ2n) is 6.84. The van der Waals surface area contributed by atoms with Crippen molar-refractivity contribution in [2.24, 2.45) is 0 Å². The van der Waals surface area contributed by atoms with Crippen molar-refractivity contribution in [2.45, 2.75) is 45.1 Å². The van der Waals surface area contributed by atoms with Crippen molar-refractivity contribution in [1.29, 1.82) is 5.26 Å². The number of carbonyl (C=O) groups is 1. The molecule has 1 N–H and O–H groups in total. The van der Waals surface area contributed by atoms with Crippen LogP contribution in [0.1, 0.15) is 65.2 Å². The molecule has 0 atom stereocenters. The van der Waals surface area contributed by atoms with E-state index in [0.717, 1.165) is 32.1 Å². The fourth-order valence-electron chi connectivity index (χ4n) is 3.78. The van der Waals surface area contributed by atoms with Crippen LogP contribution in [0, 0.1) is 18.3 Å². The normalized spacial score (nSPS) is 14.6. The van der Waals surface area contributed by atoms with Crippen LogP contribution in [0.2, 0.25) is 0 Å². The molecule has 0 unspecified atom stereocenters. The van der Waals surface area contributed by atoms with Crippen LogP contribution < -0.4 is 10.3 Å². The summed E-state index contributed by atoms with van der Waals surface area (Å²) in [4.78, 5) is 25.9. The van der Waals surface area contributed by atoms with Crippen LogP contribution in [-0.4, -0.2) is 22.6 Å². The number of aromatic nitrogens is 1. The third-order valence-electron chi connectivity index (χ3n) is 5.25. The summed E-state index contributed by atoms with van der Waals surface area (Å²) in [6.45, 7) is 1.53. The Morgan fingerprint density at radius 3 is 2.63 bits per heavy atom. The zero-order valence-corrected chi connectivity index (χ0v) is 15.5. The highest BCUT2D eigenvalue weighted by Crippen LogP contribution is 2.33. The molecule has 1 aromatic carbocycles. The van der Waals surface area contributed by atoms with Crippen molar-refractivity contribution >= 4 is 5.78 Å². The van der Waals surface area contributed by atoms with Crippen LogP contribution in [0.3, 0.4) is 0 Å². The van der Waals surface area contributed by atoms with Crippen molar-refractivity contribution in [3.05, 3.63) is 56.9 Å². The first-order valence-corrected chi connectivity index (χ1v) is 9.06. The van der Waals surface area contributed by atoms with Crippen LogP contribution in [0.25, 0.3) is 0 Å². The second-order valence-corrected chi connectivity index (χ2v) is 6.84. The third kappa shape index (κ3) is 3.33. The van der Waals surface area contributed by atoms with Crippen LogP contribution in [-0.2, 0) is 0 Å². The monoisotopic (exact) mass is 366 g/mol. The van der Waals surface area contributed by atoms with Gasteiger partial charge in [-0.2, -0.15) is 5.26 Å². The fourth-order valence-corrected chi connectivity index (χ4v) is 3.78. The molecule has 6 heteroatoms. The van der Waals surface area contributed by atoms with E-state index >= 15 is 0 Å². The predicted octanol–water partition coefficient (Wildman–Crippen LogP) is 3.48. The zero-order valence-electron chi connectivity index (χ0n) is 15.5. The predicted molar refractivity (Wildman–Crippen MR) is 100 cm³/mol. The lowest BCUT2D eigenvalue weighted by molar-refractivity contribution is 0.103. The van der Waals surface area contributed by atoms with Crippen molar-refractivity contribution in [3.8, 4) is 17.7 Å². The van der Waals surface area contributed by atoms with E-state index in [1.807, 2.05) is 6.07 Å². The van der Waals surface area contributed by atoms with E-state index in [0.29, 0.717) is 11.3 Å². The van der Waals surface area contributed by atoms with Crippen LogP contribution in [0.15, 0.2) is 29.1 Å². The Bertz CT molecular complexity index is 979. The SMILES string of the molecule is COc1cccc(C(=O)c2c(C)c(C#N)c(=O)n(C3CCCCC3)c2O)c1. The number of hydrogen-bond donors (Lipinski definition) is 1. The van der Waals surface area contributed by atoms with E-state index < -0.39 is 11.3 Å². The maximum atomic E-state index is 13.1. The number of ether oxygens (including phenoxy) is 1. The maximum absolute atomic E-state index is 13.1. The van der Waals surface area contributed by atoms with Gasteiger partial charge in [-0.15, -0.1) is 0 Å². The molecule has 0 saturated heterocycles. The van der Waals surface area contributed by atoms with Gasteiger partial charge in [0, 0.05) is 11.6 Å². The largest absolute Gasteiger partial charge is 0.497 e. The number of carbonyl (C=O) groups excluding carboxylic acids is 1. The molecule has 0 aliphatic heterocycles. The van der Waals surface area contributed by atoms with Gasteiger partial charge in [-0.3, -0.25) is 14.2 Å². The van der Waals surface area contributed by atoms with Gasteiger partial charge in [-0.1, -0.05) is 31.4 Å². The van der Waals surface area contributed by atoms with Crippen LogP contribution >= 0.6 is 0 Å². The van der Waals surface area contributed by atoms with Crippen LogP contribution in [0.4, 0.5) is 0 Å². The quantitative estimate of drug-likeness (QED) is 0.836. The molecule has 2 aromatic rings. The van der Waals surface area contributed by atoms with Crippen molar-refractivity contribution in [1.82, 2.24) is 4.57 Å². The summed E-state index contributed by atoms with van der Waals surface area (Å²) in [5.74, 6) is -0.278. The molecule has 1 aromatic heterocycles. The van der Waals surface area contributed by atoms with E-state index in [1.165, 1.54) is 18.6 Å². The minimum absolute atomic E-state index is 0.00461. The summed E-state index contributed by atoms with van der Waals surface area (Å²) >= 11 is 0. The Morgan fingerprint density at radius 2 is 2.00 bits per heavy atom. The van der Waals surface area contributed by atoms with Gasteiger partial charge in [0.05, 0.1) is 12.7 Å². The molecule has 6 nitrogen and oxygen atoms in total. The number of aromatic hydroxyl groups is 1. The average Bonchev–Trinajstić information content (AvgIpc) is 2.69. The highest BCUT2D eigenvalue weighted by atomic mass is 16.5. The first-order valence-electron chi connectivity index (χ1n) is 9.06. The Morgan fingerprint density at radius 1 is 1.30 bits per heavy atom. The smallest absolute Gasteiger partial charge is 0.271 e. The minimum atomic E-state index is -0.526. The number of ketones is 1. The summed E-state index contributed by atoms with van der Waals surface area (Å²) in [6, 6.07) is 8.31. The number of nitriles is 1. The standard InChI is InChI=1S/C21H22N2O4/c1-13-17(12-22)20(25)23(15-8-4-3-5-9-15)21(26)18(13)19(24)14-7-6-10-16(11-14)27-2/h6-7,10-11,15,26H,3-5,8-9H2,1-2H3.